The Kier molecular flexibility index (Phi) is 4.78. The van der Waals surface area contributed by atoms with Crippen LogP contribution in [0.1, 0.15) is 11.8 Å². The first-order chi connectivity index (χ1) is 7.63. The van der Waals surface area contributed by atoms with E-state index in [-0.39, 0.29) is 6.03 Å². The highest BCUT2D eigenvalue weighted by molar-refractivity contribution is 7.09. The minimum absolute atomic E-state index is 0.383. The molecule has 0 unspecified atom stereocenters. The number of methoxy groups -OCH3 is 1. The Morgan fingerprint density at radius 1 is 1.56 bits per heavy atom. The van der Waals surface area contributed by atoms with Gasteiger partial charge >= 0.3 is 12.0 Å². The number of esters is 1. The first-order valence-electron chi connectivity index (χ1n) is 4.78. The molecule has 0 saturated carbocycles. The van der Waals surface area contributed by atoms with Crippen LogP contribution in [0.3, 0.4) is 0 Å². The van der Waals surface area contributed by atoms with Gasteiger partial charge in [-0.3, -0.25) is 0 Å². The summed E-state index contributed by atoms with van der Waals surface area (Å²) in [4.78, 5) is 23.4. The van der Waals surface area contributed by atoms with Gasteiger partial charge in [0.05, 0.1) is 13.7 Å². The van der Waals surface area contributed by atoms with E-state index in [0.717, 1.165) is 4.88 Å². The molecule has 0 aliphatic rings. The maximum atomic E-state index is 11.3. The second kappa shape index (κ2) is 6.12. The molecule has 16 heavy (non-hydrogen) atoms. The van der Waals surface area contributed by atoms with Crippen molar-refractivity contribution in [3.63, 3.8) is 0 Å². The van der Waals surface area contributed by atoms with Gasteiger partial charge in [0.25, 0.3) is 0 Å². The van der Waals surface area contributed by atoms with Gasteiger partial charge < -0.3 is 15.4 Å². The van der Waals surface area contributed by atoms with Crippen molar-refractivity contribution in [2.24, 2.45) is 0 Å². The van der Waals surface area contributed by atoms with Gasteiger partial charge in [-0.2, -0.15) is 0 Å². The van der Waals surface area contributed by atoms with Crippen molar-refractivity contribution in [3.05, 3.63) is 22.4 Å². The largest absolute Gasteiger partial charge is 0.467 e. The Labute approximate surface area is 97.8 Å². The van der Waals surface area contributed by atoms with Crippen LogP contribution in [0.15, 0.2) is 17.5 Å². The van der Waals surface area contributed by atoms with E-state index in [1.54, 1.807) is 18.3 Å². The Hall–Kier alpha value is -1.56. The number of hydrogen-bond donors (Lipinski definition) is 2. The maximum absolute atomic E-state index is 11.3. The van der Waals surface area contributed by atoms with Crippen molar-refractivity contribution in [2.75, 3.05) is 7.11 Å². The molecule has 1 heterocycles. The molecule has 2 amide bonds. The summed E-state index contributed by atoms with van der Waals surface area (Å²) in [7, 11) is 1.28. The zero-order chi connectivity index (χ0) is 12.0. The van der Waals surface area contributed by atoms with Crippen molar-refractivity contribution < 1.29 is 14.3 Å². The lowest BCUT2D eigenvalue weighted by molar-refractivity contribution is -0.142. The van der Waals surface area contributed by atoms with Crippen molar-refractivity contribution in [1.82, 2.24) is 10.6 Å². The van der Waals surface area contributed by atoms with Gasteiger partial charge in [-0.05, 0) is 18.4 Å². The number of carbonyl (C=O) groups is 2. The molecule has 6 heteroatoms. The van der Waals surface area contributed by atoms with Gasteiger partial charge in [0.2, 0.25) is 0 Å². The number of nitrogens with one attached hydrogen (secondary N) is 2. The molecule has 88 valence electrons. The van der Waals surface area contributed by atoms with Crippen molar-refractivity contribution in [2.45, 2.75) is 19.5 Å². The van der Waals surface area contributed by atoms with Crippen LogP contribution in [-0.4, -0.2) is 25.2 Å². The molecule has 0 aromatic carbocycles. The molecule has 1 rings (SSSR count). The lowest BCUT2D eigenvalue weighted by Gasteiger charge is -2.11. The molecule has 0 bridgehead atoms. The van der Waals surface area contributed by atoms with Gasteiger partial charge in [0.15, 0.2) is 0 Å². The average molecular weight is 242 g/mol. The van der Waals surface area contributed by atoms with Crippen molar-refractivity contribution >= 4 is 23.3 Å². The smallest absolute Gasteiger partial charge is 0.328 e. The van der Waals surface area contributed by atoms with E-state index in [9.17, 15) is 9.59 Å². The summed E-state index contributed by atoms with van der Waals surface area (Å²) in [6.07, 6.45) is 0. The van der Waals surface area contributed by atoms with E-state index >= 15 is 0 Å². The lowest BCUT2D eigenvalue weighted by Crippen LogP contribution is -2.44. The molecule has 0 fully saturated rings. The number of amides is 2. The Morgan fingerprint density at radius 3 is 2.88 bits per heavy atom. The average Bonchev–Trinajstić information content (AvgIpc) is 2.78. The van der Waals surface area contributed by atoms with Crippen LogP contribution in [0.4, 0.5) is 4.79 Å². The first-order valence-corrected chi connectivity index (χ1v) is 5.66. The number of ether oxygens (including phenoxy) is 1. The van der Waals surface area contributed by atoms with E-state index in [0.29, 0.717) is 6.54 Å². The molecule has 5 nitrogen and oxygen atoms in total. The summed E-state index contributed by atoms with van der Waals surface area (Å²) in [5.41, 5.74) is 0. The van der Waals surface area contributed by atoms with Gasteiger partial charge in [0, 0.05) is 4.88 Å². The van der Waals surface area contributed by atoms with E-state index in [1.807, 2.05) is 17.5 Å². The second-order valence-electron chi connectivity index (χ2n) is 3.15. The molecule has 1 aromatic heterocycles. The highest BCUT2D eigenvalue weighted by Gasteiger charge is 2.15. The van der Waals surface area contributed by atoms with Gasteiger partial charge in [-0.1, -0.05) is 6.07 Å². The molecule has 1 atom stereocenters. The fraction of sp³-hybridized carbons (Fsp3) is 0.400. The third-order valence-corrected chi connectivity index (χ3v) is 2.78. The third kappa shape index (κ3) is 3.90. The second-order valence-corrected chi connectivity index (χ2v) is 4.18. The normalized spacial score (nSPS) is 11.6. The SMILES string of the molecule is COC(=O)[C@@H](C)NC(=O)NCc1cccs1. The summed E-state index contributed by atoms with van der Waals surface area (Å²) < 4.78 is 4.48. The lowest BCUT2D eigenvalue weighted by atomic mass is 10.3. The predicted octanol–water partition coefficient (Wildman–Crippen LogP) is 1.11. The quantitative estimate of drug-likeness (QED) is 0.777. The fourth-order valence-corrected chi connectivity index (χ4v) is 1.71. The van der Waals surface area contributed by atoms with Gasteiger partial charge in [0.1, 0.15) is 6.04 Å². The van der Waals surface area contributed by atoms with Crippen LogP contribution in [0.2, 0.25) is 0 Å². The number of thiophene rings is 1. The van der Waals surface area contributed by atoms with E-state index in [1.165, 1.54) is 7.11 Å². The van der Waals surface area contributed by atoms with Crippen LogP contribution in [0, 0.1) is 0 Å². The van der Waals surface area contributed by atoms with E-state index < -0.39 is 12.0 Å². The van der Waals surface area contributed by atoms with Crippen LogP contribution < -0.4 is 10.6 Å². The summed E-state index contributed by atoms with van der Waals surface area (Å²) in [5.74, 6) is -0.466. The summed E-state index contributed by atoms with van der Waals surface area (Å²) in [6, 6.07) is 2.81. The highest BCUT2D eigenvalue weighted by atomic mass is 32.1. The van der Waals surface area contributed by atoms with Crippen molar-refractivity contribution in [1.29, 1.82) is 0 Å². The molecular formula is C10H14N2O3S. The fourth-order valence-electron chi connectivity index (χ4n) is 1.06. The molecular weight excluding hydrogens is 228 g/mol. The van der Waals surface area contributed by atoms with Crippen LogP contribution in [0.25, 0.3) is 0 Å². The standard InChI is InChI=1S/C10H14N2O3S/c1-7(9(13)15-2)12-10(14)11-6-8-4-3-5-16-8/h3-5,7H,6H2,1-2H3,(H2,11,12,14)/t7-/m1/s1. The Morgan fingerprint density at radius 2 is 2.31 bits per heavy atom. The minimum atomic E-state index is -0.645. The van der Waals surface area contributed by atoms with Crippen molar-refractivity contribution in [3.8, 4) is 0 Å². The van der Waals surface area contributed by atoms with Gasteiger partial charge in [-0.15, -0.1) is 11.3 Å². The topological polar surface area (TPSA) is 67.4 Å². The predicted molar refractivity (Wildman–Crippen MR) is 61.2 cm³/mol. The minimum Gasteiger partial charge on any atom is -0.467 e. The molecule has 0 spiro atoms. The summed E-state index contributed by atoms with van der Waals surface area (Å²) in [5, 5.41) is 7.06. The number of urea groups is 1. The van der Waals surface area contributed by atoms with E-state index in [4.69, 9.17) is 0 Å². The maximum Gasteiger partial charge on any atom is 0.328 e. The van der Waals surface area contributed by atoms with E-state index in [2.05, 4.69) is 15.4 Å². The Balaban J connectivity index is 2.28. The zero-order valence-corrected chi connectivity index (χ0v) is 9.97. The number of hydrogen-bond acceptors (Lipinski definition) is 4. The molecule has 0 aliphatic carbocycles. The molecule has 1 aromatic rings. The highest BCUT2D eigenvalue weighted by Crippen LogP contribution is 2.06. The van der Waals surface area contributed by atoms with Crippen LogP contribution in [0.5, 0.6) is 0 Å². The third-order valence-electron chi connectivity index (χ3n) is 1.91. The van der Waals surface area contributed by atoms with Gasteiger partial charge in [-0.25, -0.2) is 9.59 Å². The van der Waals surface area contributed by atoms with Crippen LogP contribution in [-0.2, 0) is 16.1 Å². The summed E-state index contributed by atoms with van der Waals surface area (Å²) in [6.45, 7) is 2.02. The van der Waals surface area contributed by atoms with Crippen LogP contribution >= 0.6 is 11.3 Å². The monoisotopic (exact) mass is 242 g/mol. The number of rotatable bonds is 4. The zero-order valence-electron chi connectivity index (χ0n) is 9.15. The molecule has 0 saturated heterocycles. The molecule has 0 radical (unpaired) electrons. The Bertz CT molecular complexity index is 351. The summed E-state index contributed by atoms with van der Waals surface area (Å²) >= 11 is 1.56. The first kappa shape index (κ1) is 12.5. The molecule has 0 aliphatic heterocycles. The molecule has 2 N–H and O–H groups in total. The number of carbonyl (C=O) groups excluding carboxylic acids is 2.